The van der Waals surface area contributed by atoms with Crippen molar-refractivity contribution in [2.75, 3.05) is 7.11 Å². The number of allylic oxidation sites excluding steroid dienone is 3. The number of fused-ring (bicyclic) bond motifs is 1. The molecule has 0 aromatic heterocycles. The van der Waals surface area contributed by atoms with Gasteiger partial charge in [0.15, 0.2) is 5.78 Å². The molecule has 0 amide bonds. The van der Waals surface area contributed by atoms with Crippen LogP contribution in [-0.2, 0) is 16.1 Å². The van der Waals surface area contributed by atoms with Crippen LogP contribution in [0, 0.1) is 11.8 Å². The average molecular weight is 298 g/mol. The minimum atomic E-state index is -0.0136. The smallest absolute Gasteiger partial charge is 0.162 e. The van der Waals surface area contributed by atoms with Crippen LogP contribution in [0.1, 0.15) is 25.3 Å². The van der Waals surface area contributed by atoms with E-state index in [2.05, 4.69) is 6.08 Å². The highest BCUT2D eigenvalue weighted by molar-refractivity contribution is 5.94. The van der Waals surface area contributed by atoms with Gasteiger partial charge in [-0.2, -0.15) is 0 Å². The van der Waals surface area contributed by atoms with Crippen molar-refractivity contribution in [1.82, 2.24) is 0 Å². The first-order valence-corrected chi connectivity index (χ1v) is 7.85. The molecule has 2 aliphatic rings. The predicted octanol–water partition coefficient (Wildman–Crippen LogP) is 3.69. The normalized spacial score (nSPS) is 27.3. The molecule has 1 aromatic rings. The number of methoxy groups -OCH3 is 1. The minimum absolute atomic E-state index is 0.0136. The maximum Gasteiger partial charge on any atom is 0.162 e. The SMILES string of the molecule is COc1ccc(CO[C@H]2CC[C@H]3C=C[C@@H](C)C(=O)C=C32)cc1. The lowest BCUT2D eigenvalue weighted by atomic mass is 10.0. The number of hydrogen-bond acceptors (Lipinski definition) is 3. The second kappa shape index (κ2) is 6.49. The predicted molar refractivity (Wildman–Crippen MR) is 85.7 cm³/mol. The van der Waals surface area contributed by atoms with Crippen molar-refractivity contribution in [2.24, 2.45) is 11.8 Å². The highest BCUT2D eigenvalue weighted by atomic mass is 16.5. The molecule has 3 atom stereocenters. The summed E-state index contributed by atoms with van der Waals surface area (Å²) in [6.07, 6.45) is 8.14. The molecule has 22 heavy (non-hydrogen) atoms. The lowest BCUT2D eigenvalue weighted by Crippen LogP contribution is -2.14. The van der Waals surface area contributed by atoms with Gasteiger partial charge >= 0.3 is 0 Å². The molecule has 116 valence electrons. The fraction of sp³-hybridized carbons (Fsp3) is 0.421. The van der Waals surface area contributed by atoms with Gasteiger partial charge < -0.3 is 9.47 Å². The Kier molecular flexibility index (Phi) is 4.44. The fourth-order valence-electron chi connectivity index (χ4n) is 3.10. The van der Waals surface area contributed by atoms with Crippen LogP contribution < -0.4 is 4.74 Å². The second-order valence-electron chi connectivity index (χ2n) is 6.05. The zero-order chi connectivity index (χ0) is 15.5. The van der Waals surface area contributed by atoms with E-state index in [0.717, 1.165) is 29.7 Å². The zero-order valence-corrected chi connectivity index (χ0v) is 13.1. The van der Waals surface area contributed by atoms with Crippen molar-refractivity contribution in [1.29, 1.82) is 0 Å². The van der Waals surface area contributed by atoms with Crippen molar-refractivity contribution in [3.63, 3.8) is 0 Å². The molecule has 3 heteroatoms. The van der Waals surface area contributed by atoms with Gasteiger partial charge in [-0.1, -0.05) is 31.2 Å². The van der Waals surface area contributed by atoms with Crippen LogP contribution >= 0.6 is 0 Å². The Bertz CT molecular complexity index is 598. The number of ketones is 1. The Morgan fingerprint density at radius 1 is 1.14 bits per heavy atom. The third-order valence-corrected chi connectivity index (χ3v) is 4.54. The van der Waals surface area contributed by atoms with Gasteiger partial charge in [0.2, 0.25) is 0 Å². The monoisotopic (exact) mass is 298 g/mol. The van der Waals surface area contributed by atoms with Crippen LogP contribution in [-0.4, -0.2) is 19.0 Å². The Morgan fingerprint density at radius 3 is 2.64 bits per heavy atom. The molecule has 0 radical (unpaired) electrons. The first kappa shape index (κ1) is 15.0. The lowest BCUT2D eigenvalue weighted by Gasteiger charge is -2.15. The molecule has 0 N–H and O–H groups in total. The van der Waals surface area contributed by atoms with Crippen molar-refractivity contribution < 1.29 is 14.3 Å². The molecule has 1 fully saturated rings. The van der Waals surface area contributed by atoms with Crippen LogP contribution in [0.15, 0.2) is 48.1 Å². The highest BCUT2D eigenvalue weighted by Gasteiger charge is 2.32. The van der Waals surface area contributed by atoms with E-state index in [1.54, 1.807) is 7.11 Å². The van der Waals surface area contributed by atoms with Crippen LogP contribution in [0.5, 0.6) is 5.75 Å². The molecule has 0 saturated heterocycles. The number of ether oxygens (including phenoxy) is 2. The quantitative estimate of drug-likeness (QED) is 0.795. The van der Waals surface area contributed by atoms with Gasteiger partial charge in [0.25, 0.3) is 0 Å². The molecule has 3 nitrogen and oxygen atoms in total. The summed E-state index contributed by atoms with van der Waals surface area (Å²) in [5, 5.41) is 0. The minimum Gasteiger partial charge on any atom is -0.497 e. The summed E-state index contributed by atoms with van der Waals surface area (Å²) in [7, 11) is 1.66. The third kappa shape index (κ3) is 3.14. The van der Waals surface area contributed by atoms with Crippen LogP contribution in [0.4, 0.5) is 0 Å². The molecule has 0 aliphatic heterocycles. The number of rotatable bonds is 4. The first-order valence-electron chi connectivity index (χ1n) is 7.85. The largest absolute Gasteiger partial charge is 0.497 e. The molecule has 3 rings (SSSR count). The molecule has 1 saturated carbocycles. The number of benzene rings is 1. The number of hydrogen-bond donors (Lipinski definition) is 0. The maximum atomic E-state index is 12.0. The Hall–Kier alpha value is -1.87. The van der Waals surface area contributed by atoms with Crippen molar-refractivity contribution in [2.45, 2.75) is 32.5 Å². The topological polar surface area (TPSA) is 35.5 Å². The van der Waals surface area contributed by atoms with Crippen molar-refractivity contribution in [3.05, 3.63) is 53.6 Å². The summed E-state index contributed by atoms with van der Waals surface area (Å²) in [6.45, 7) is 2.51. The van der Waals surface area contributed by atoms with Gasteiger partial charge in [0, 0.05) is 11.8 Å². The molecule has 0 heterocycles. The van der Waals surface area contributed by atoms with Crippen molar-refractivity contribution in [3.8, 4) is 5.75 Å². The van der Waals surface area contributed by atoms with E-state index in [-0.39, 0.29) is 17.8 Å². The zero-order valence-electron chi connectivity index (χ0n) is 13.1. The Morgan fingerprint density at radius 2 is 1.91 bits per heavy atom. The molecule has 0 unspecified atom stereocenters. The van der Waals surface area contributed by atoms with Crippen molar-refractivity contribution >= 4 is 5.78 Å². The van der Waals surface area contributed by atoms with Gasteiger partial charge in [-0.15, -0.1) is 0 Å². The Balaban J connectivity index is 1.66. The van der Waals surface area contributed by atoms with E-state index < -0.39 is 0 Å². The molecular weight excluding hydrogens is 276 g/mol. The summed E-state index contributed by atoms with van der Waals surface area (Å²) < 4.78 is 11.2. The highest BCUT2D eigenvalue weighted by Crippen LogP contribution is 2.37. The van der Waals surface area contributed by atoms with E-state index in [4.69, 9.17) is 9.47 Å². The fourth-order valence-corrected chi connectivity index (χ4v) is 3.10. The molecule has 2 aliphatic carbocycles. The van der Waals surface area contributed by atoms with E-state index in [1.165, 1.54) is 0 Å². The Labute approximate surface area is 131 Å². The molecule has 0 bridgehead atoms. The van der Waals surface area contributed by atoms with E-state index in [1.807, 2.05) is 43.3 Å². The maximum absolute atomic E-state index is 12.0. The van der Waals surface area contributed by atoms with E-state index in [0.29, 0.717) is 12.5 Å². The molecule has 1 aromatic carbocycles. The second-order valence-corrected chi connectivity index (χ2v) is 6.05. The standard InChI is InChI=1S/C19H22O3/c1-13-3-6-15-7-10-19(17(15)11-18(13)20)22-12-14-4-8-16(21-2)9-5-14/h3-6,8-9,11,13,15,19H,7,10,12H2,1-2H3/t13-,15-,19+/m1/s1. The summed E-state index contributed by atoms with van der Waals surface area (Å²) in [5.41, 5.74) is 2.27. The summed E-state index contributed by atoms with van der Waals surface area (Å²) in [4.78, 5) is 12.0. The number of carbonyl (C=O) groups excluding carboxylic acids is 1. The van der Waals surface area contributed by atoms with Crippen LogP contribution in [0.2, 0.25) is 0 Å². The molecular formula is C19H22O3. The lowest BCUT2D eigenvalue weighted by molar-refractivity contribution is -0.116. The van der Waals surface area contributed by atoms with E-state index in [9.17, 15) is 4.79 Å². The van der Waals surface area contributed by atoms with Gasteiger partial charge in [-0.3, -0.25) is 4.79 Å². The third-order valence-electron chi connectivity index (χ3n) is 4.54. The average Bonchev–Trinajstić information content (AvgIpc) is 2.86. The van der Waals surface area contributed by atoms with Gasteiger partial charge in [0.05, 0.1) is 19.8 Å². The van der Waals surface area contributed by atoms with Gasteiger partial charge in [-0.25, -0.2) is 0 Å². The first-order chi connectivity index (χ1) is 10.7. The summed E-state index contributed by atoms with van der Waals surface area (Å²) >= 11 is 0. The molecule has 0 spiro atoms. The van der Waals surface area contributed by atoms with Crippen LogP contribution in [0.3, 0.4) is 0 Å². The van der Waals surface area contributed by atoms with Gasteiger partial charge in [0.1, 0.15) is 5.75 Å². The summed E-state index contributed by atoms with van der Waals surface area (Å²) in [6, 6.07) is 7.91. The van der Waals surface area contributed by atoms with Crippen LogP contribution in [0.25, 0.3) is 0 Å². The van der Waals surface area contributed by atoms with E-state index >= 15 is 0 Å². The summed E-state index contributed by atoms with van der Waals surface area (Å²) in [5.74, 6) is 1.39. The van der Waals surface area contributed by atoms with Gasteiger partial charge in [-0.05, 0) is 42.2 Å². The number of carbonyl (C=O) groups is 1.